The average Bonchev–Trinajstić information content (AvgIpc) is 2.70. The number of benzene rings is 2. The summed E-state index contributed by atoms with van der Waals surface area (Å²) in [6, 6.07) is 14.7. The third kappa shape index (κ3) is 4.82. The van der Waals surface area contributed by atoms with E-state index in [-0.39, 0.29) is 17.1 Å². The van der Waals surface area contributed by atoms with Crippen molar-refractivity contribution < 1.29 is 26.7 Å². The molecule has 0 aliphatic heterocycles. The van der Waals surface area contributed by atoms with Crippen molar-refractivity contribution in [2.24, 2.45) is 0 Å². The van der Waals surface area contributed by atoms with Gasteiger partial charge in [-0.3, -0.25) is 4.72 Å². The van der Waals surface area contributed by atoms with E-state index in [1.54, 1.807) is 25.1 Å². The summed E-state index contributed by atoms with van der Waals surface area (Å²) < 4.78 is 62.8. The third-order valence-corrected chi connectivity index (χ3v) is 5.31. The normalized spacial score (nSPS) is 11.0. The highest BCUT2D eigenvalue weighted by Crippen LogP contribution is 2.30. The van der Waals surface area contributed by atoms with E-state index in [2.05, 4.69) is 14.4 Å². The quantitative estimate of drug-likeness (QED) is 0.593. The van der Waals surface area contributed by atoms with E-state index in [0.29, 0.717) is 11.3 Å². The minimum Gasteiger partial charge on any atom is -0.438 e. The van der Waals surface area contributed by atoms with Crippen molar-refractivity contribution in [2.75, 3.05) is 4.72 Å². The zero-order chi connectivity index (χ0) is 21.7. The second-order valence-electron chi connectivity index (χ2n) is 5.98. The standard InChI is InChI=1S/C20H15F2N3O4S/c1-13-11-15(28-19-14(12-23)5-4-10-24-19)8-9-16(13)25-30(26,27)18-7-3-2-6-17(18)29-20(21)22/h2-11,20,25H,1H3. The second kappa shape index (κ2) is 8.75. The number of alkyl halides is 2. The molecule has 10 heteroatoms. The lowest BCUT2D eigenvalue weighted by molar-refractivity contribution is -0.0517. The Morgan fingerprint density at radius 1 is 1.13 bits per heavy atom. The van der Waals surface area contributed by atoms with E-state index >= 15 is 0 Å². The molecule has 0 atom stereocenters. The number of aromatic nitrogens is 1. The lowest BCUT2D eigenvalue weighted by atomic mass is 10.2. The molecule has 1 aromatic heterocycles. The number of halogens is 2. The highest BCUT2D eigenvalue weighted by molar-refractivity contribution is 7.92. The van der Waals surface area contributed by atoms with Gasteiger partial charge in [-0.1, -0.05) is 12.1 Å². The van der Waals surface area contributed by atoms with Gasteiger partial charge in [-0.2, -0.15) is 14.0 Å². The average molecular weight is 431 g/mol. The van der Waals surface area contributed by atoms with E-state index < -0.39 is 27.3 Å². The molecule has 0 saturated heterocycles. The van der Waals surface area contributed by atoms with Gasteiger partial charge in [-0.05, 0) is 55.0 Å². The predicted octanol–water partition coefficient (Wildman–Crippen LogP) is 4.46. The van der Waals surface area contributed by atoms with Gasteiger partial charge in [-0.15, -0.1) is 0 Å². The smallest absolute Gasteiger partial charge is 0.387 e. The van der Waals surface area contributed by atoms with Gasteiger partial charge in [0.25, 0.3) is 10.0 Å². The van der Waals surface area contributed by atoms with E-state index in [4.69, 9.17) is 10.00 Å². The van der Waals surface area contributed by atoms with Crippen LogP contribution < -0.4 is 14.2 Å². The minimum absolute atomic E-state index is 0.116. The number of aryl methyl sites for hydroxylation is 1. The maximum Gasteiger partial charge on any atom is 0.387 e. The molecule has 0 saturated carbocycles. The van der Waals surface area contributed by atoms with Crippen LogP contribution in [0.4, 0.5) is 14.5 Å². The van der Waals surface area contributed by atoms with Gasteiger partial charge in [0.05, 0.1) is 5.69 Å². The lowest BCUT2D eigenvalue weighted by Crippen LogP contribution is -2.16. The number of anilines is 1. The van der Waals surface area contributed by atoms with E-state index in [0.717, 1.165) is 12.1 Å². The Morgan fingerprint density at radius 3 is 2.60 bits per heavy atom. The molecule has 0 bridgehead atoms. The molecule has 3 rings (SSSR count). The van der Waals surface area contributed by atoms with Gasteiger partial charge in [0.2, 0.25) is 5.88 Å². The van der Waals surface area contributed by atoms with Gasteiger partial charge >= 0.3 is 6.61 Å². The van der Waals surface area contributed by atoms with Gasteiger partial charge < -0.3 is 9.47 Å². The Bertz CT molecular complexity index is 1210. The van der Waals surface area contributed by atoms with Crippen LogP contribution in [0.15, 0.2) is 65.7 Å². The largest absolute Gasteiger partial charge is 0.438 e. The molecule has 154 valence electrons. The number of pyridine rings is 1. The number of sulfonamides is 1. The Labute approximate surface area is 171 Å². The number of para-hydroxylation sites is 1. The third-order valence-electron chi connectivity index (χ3n) is 3.90. The summed E-state index contributed by atoms with van der Waals surface area (Å²) in [7, 11) is -4.20. The molecule has 0 radical (unpaired) electrons. The molecule has 0 aliphatic carbocycles. The van der Waals surface area contributed by atoms with Gasteiger partial charge in [-0.25, -0.2) is 13.4 Å². The lowest BCUT2D eigenvalue weighted by Gasteiger charge is -2.15. The summed E-state index contributed by atoms with van der Waals surface area (Å²) in [5.41, 5.74) is 0.962. The van der Waals surface area contributed by atoms with Crippen molar-refractivity contribution in [3.63, 3.8) is 0 Å². The zero-order valence-corrected chi connectivity index (χ0v) is 16.4. The number of hydrogen-bond donors (Lipinski definition) is 1. The molecule has 1 N–H and O–H groups in total. The van der Waals surface area contributed by atoms with Crippen LogP contribution in [-0.4, -0.2) is 20.0 Å². The monoisotopic (exact) mass is 431 g/mol. The fourth-order valence-corrected chi connectivity index (χ4v) is 3.82. The topological polar surface area (TPSA) is 101 Å². The van der Waals surface area contributed by atoms with Crippen LogP contribution >= 0.6 is 0 Å². The van der Waals surface area contributed by atoms with Gasteiger partial charge in [0, 0.05) is 6.20 Å². The molecule has 2 aromatic carbocycles. The van der Waals surface area contributed by atoms with Crippen LogP contribution in [0.2, 0.25) is 0 Å². The molecule has 1 heterocycles. The van der Waals surface area contributed by atoms with E-state index in [1.165, 1.54) is 30.5 Å². The molecule has 0 unspecified atom stereocenters. The van der Waals surface area contributed by atoms with Crippen LogP contribution in [-0.2, 0) is 10.0 Å². The van der Waals surface area contributed by atoms with Crippen molar-refractivity contribution in [3.05, 3.63) is 71.9 Å². The summed E-state index contributed by atoms with van der Waals surface area (Å²) in [4.78, 5) is 3.58. The second-order valence-corrected chi connectivity index (χ2v) is 7.63. The molecule has 7 nitrogen and oxygen atoms in total. The predicted molar refractivity (Wildman–Crippen MR) is 104 cm³/mol. The van der Waals surface area contributed by atoms with Crippen LogP contribution in [0.3, 0.4) is 0 Å². The first-order valence-electron chi connectivity index (χ1n) is 8.50. The van der Waals surface area contributed by atoms with Crippen LogP contribution in [0.25, 0.3) is 0 Å². The molecule has 3 aromatic rings. The van der Waals surface area contributed by atoms with Crippen molar-refractivity contribution in [2.45, 2.75) is 18.4 Å². The molecule has 0 aliphatic rings. The van der Waals surface area contributed by atoms with Crippen molar-refractivity contribution >= 4 is 15.7 Å². The molecule has 0 fully saturated rings. The first kappa shape index (κ1) is 21.0. The highest BCUT2D eigenvalue weighted by Gasteiger charge is 2.22. The number of nitrogens with one attached hydrogen (secondary N) is 1. The fourth-order valence-electron chi connectivity index (χ4n) is 2.55. The Balaban J connectivity index is 1.85. The summed E-state index contributed by atoms with van der Waals surface area (Å²) in [5, 5.41) is 9.10. The summed E-state index contributed by atoms with van der Waals surface area (Å²) in [6.45, 7) is -1.53. The van der Waals surface area contributed by atoms with Gasteiger partial charge in [0.15, 0.2) is 0 Å². The number of hydrogen-bond acceptors (Lipinski definition) is 6. The minimum atomic E-state index is -4.20. The zero-order valence-electron chi connectivity index (χ0n) is 15.5. The Morgan fingerprint density at radius 2 is 1.90 bits per heavy atom. The molecular formula is C20H15F2N3O4S. The van der Waals surface area contributed by atoms with Crippen LogP contribution in [0, 0.1) is 18.3 Å². The first-order valence-corrected chi connectivity index (χ1v) is 9.99. The number of rotatable bonds is 7. The highest BCUT2D eigenvalue weighted by atomic mass is 32.2. The SMILES string of the molecule is Cc1cc(Oc2ncccc2C#N)ccc1NS(=O)(=O)c1ccccc1OC(F)F. The Kier molecular flexibility index (Phi) is 6.13. The van der Waals surface area contributed by atoms with Crippen molar-refractivity contribution in [3.8, 4) is 23.4 Å². The number of nitrogens with zero attached hydrogens (tertiary/aromatic N) is 2. The van der Waals surface area contributed by atoms with Crippen molar-refractivity contribution in [1.82, 2.24) is 4.98 Å². The molecule has 0 amide bonds. The van der Waals surface area contributed by atoms with Crippen LogP contribution in [0.1, 0.15) is 11.1 Å². The summed E-state index contributed by atoms with van der Waals surface area (Å²) in [5.74, 6) is -0.00493. The summed E-state index contributed by atoms with van der Waals surface area (Å²) >= 11 is 0. The van der Waals surface area contributed by atoms with Crippen LogP contribution in [0.5, 0.6) is 17.4 Å². The van der Waals surface area contributed by atoms with Gasteiger partial charge in [0.1, 0.15) is 28.0 Å². The summed E-state index contributed by atoms with van der Waals surface area (Å²) in [6.07, 6.45) is 1.48. The molecule has 30 heavy (non-hydrogen) atoms. The molecule has 0 spiro atoms. The molecular weight excluding hydrogens is 416 g/mol. The fraction of sp³-hybridized carbons (Fsp3) is 0.100. The first-order chi connectivity index (χ1) is 14.3. The van der Waals surface area contributed by atoms with Crippen molar-refractivity contribution in [1.29, 1.82) is 5.26 Å². The Hall–Kier alpha value is -3.71. The maximum atomic E-state index is 12.7. The van der Waals surface area contributed by atoms with E-state index in [9.17, 15) is 17.2 Å². The number of ether oxygens (including phenoxy) is 2. The maximum absolute atomic E-state index is 12.7. The van der Waals surface area contributed by atoms with E-state index in [1.807, 2.05) is 6.07 Å². The number of nitriles is 1.